The van der Waals surface area contributed by atoms with Gasteiger partial charge in [0, 0.05) is 6.92 Å². The van der Waals surface area contributed by atoms with E-state index in [2.05, 4.69) is 91.0 Å². The van der Waals surface area contributed by atoms with Crippen molar-refractivity contribution in [3.05, 3.63) is 115 Å². The Balaban J connectivity index is 0.00000240. The van der Waals surface area contributed by atoms with Gasteiger partial charge in [-0.1, -0.05) is 54.6 Å². The Kier molecular flexibility index (Phi) is 6.84. The highest BCUT2D eigenvalue weighted by molar-refractivity contribution is 8.93. The summed E-state index contributed by atoms with van der Waals surface area (Å²) < 4.78 is 5.94. The average Bonchev–Trinajstić information content (AvgIpc) is 3.23. The molecule has 0 atom stereocenters. The summed E-state index contributed by atoms with van der Waals surface area (Å²) in [6, 6.07) is 35.7. The Labute approximate surface area is 182 Å². The number of furan rings is 1. The van der Waals surface area contributed by atoms with Crippen molar-refractivity contribution in [1.82, 2.24) is 0 Å². The van der Waals surface area contributed by atoms with Crippen LogP contribution >= 0.6 is 24.2 Å². The van der Waals surface area contributed by atoms with Crippen LogP contribution in [0.4, 0.5) is 0 Å². The molecule has 29 heavy (non-hydrogen) atoms. The molecule has 0 radical (unpaired) electrons. The highest BCUT2D eigenvalue weighted by Gasteiger charge is 2.46. The third-order valence-electron chi connectivity index (χ3n) is 4.99. The number of benzene rings is 3. The van der Waals surface area contributed by atoms with Crippen LogP contribution in [0.15, 0.2) is 108 Å². The molecule has 4 rings (SSSR count). The molecule has 0 saturated heterocycles. The van der Waals surface area contributed by atoms with Crippen molar-refractivity contribution >= 4 is 45.9 Å². The monoisotopic (exact) mass is 465 g/mol. The van der Waals surface area contributed by atoms with Crippen LogP contribution in [0.25, 0.3) is 0 Å². The van der Waals surface area contributed by atoms with Gasteiger partial charge in [0.05, 0.1) is 0 Å². The molecule has 0 aliphatic carbocycles. The molecule has 0 unspecified atom stereocenters. The Hall–Kier alpha value is -2.48. The molecule has 0 aliphatic rings. The predicted octanol–water partition coefficient (Wildman–Crippen LogP) is 5.55. The summed E-state index contributed by atoms with van der Waals surface area (Å²) >= 11 is 0. The van der Waals surface area contributed by atoms with Crippen molar-refractivity contribution in [2.75, 3.05) is 0 Å². The lowest BCUT2D eigenvalue weighted by molar-refractivity contribution is 0.0986. The molecule has 0 amide bonds. The minimum Gasteiger partial charge on any atom is -0.454 e. The number of Topliss-reactive ketones (excluding diaryl/α,β-unsaturated/α-hetero) is 1. The maximum Gasteiger partial charge on any atom is 0.194 e. The molecule has 0 spiro atoms. The molecule has 0 N–H and O–H groups in total. The first-order chi connectivity index (χ1) is 13.7. The van der Waals surface area contributed by atoms with E-state index in [1.54, 1.807) is 6.07 Å². The fraction of sp³-hybridized carbons (Fsp3) is 0.0800. The summed E-state index contributed by atoms with van der Waals surface area (Å²) in [4.78, 5) is 11.7. The van der Waals surface area contributed by atoms with Crippen molar-refractivity contribution in [2.24, 2.45) is 0 Å². The van der Waals surface area contributed by atoms with Crippen LogP contribution in [0.5, 0.6) is 0 Å². The Morgan fingerprint density at radius 1 is 0.690 bits per heavy atom. The first kappa shape index (κ1) is 21.2. The summed E-state index contributed by atoms with van der Waals surface area (Å²) in [6.07, 6.45) is 0.734. The van der Waals surface area contributed by atoms with Crippen LogP contribution in [0.1, 0.15) is 23.2 Å². The number of hydrogen-bond donors (Lipinski definition) is 0. The summed E-state index contributed by atoms with van der Waals surface area (Å²) in [7, 11) is -2.00. The van der Waals surface area contributed by atoms with E-state index in [1.165, 1.54) is 22.8 Å². The molecule has 146 valence electrons. The van der Waals surface area contributed by atoms with E-state index in [0.29, 0.717) is 5.76 Å². The molecule has 3 aromatic carbocycles. The zero-order valence-corrected chi connectivity index (χ0v) is 18.8. The molecule has 1 aromatic heterocycles. The minimum absolute atomic E-state index is 0. The lowest BCUT2D eigenvalue weighted by atomic mass is 10.3. The van der Waals surface area contributed by atoms with Crippen LogP contribution in [0.3, 0.4) is 0 Å². The maximum atomic E-state index is 11.7. The van der Waals surface area contributed by atoms with E-state index >= 15 is 0 Å². The SMILES string of the molecule is Br.CC(=O)c1ccc(C[P+](c2ccccc2)(c2ccccc2)c2ccccc2)o1. The smallest absolute Gasteiger partial charge is 0.194 e. The second kappa shape index (κ2) is 9.35. The first-order valence-electron chi connectivity index (χ1n) is 9.35. The highest BCUT2D eigenvalue weighted by Crippen LogP contribution is 2.58. The van der Waals surface area contributed by atoms with Gasteiger partial charge in [-0.05, 0) is 48.5 Å². The van der Waals surface area contributed by atoms with E-state index in [0.717, 1.165) is 11.9 Å². The number of ketones is 1. The molecule has 0 saturated carbocycles. The highest BCUT2D eigenvalue weighted by atomic mass is 79.9. The van der Waals surface area contributed by atoms with E-state index in [9.17, 15) is 4.79 Å². The van der Waals surface area contributed by atoms with Gasteiger partial charge < -0.3 is 4.42 Å². The van der Waals surface area contributed by atoms with Gasteiger partial charge in [0.1, 0.15) is 35.1 Å². The predicted molar refractivity (Wildman–Crippen MR) is 128 cm³/mol. The number of carbonyl (C=O) groups excluding carboxylic acids is 1. The van der Waals surface area contributed by atoms with E-state index in [4.69, 9.17) is 4.42 Å². The molecule has 0 fully saturated rings. The lowest BCUT2D eigenvalue weighted by Crippen LogP contribution is -2.32. The van der Waals surface area contributed by atoms with Crippen molar-refractivity contribution < 1.29 is 9.21 Å². The van der Waals surface area contributed by atoms with Crippen molar-refractivity contribution in [2.45, 2.75) is 13.1 Å². The van der Waals surface area contributed by atoms with Gasteiger partial charge in [-0.2, -0.15) is 0 Å². The third kappa shape index (κ3) is 4.27. The number of carbonyl (C=O) groups is 1. The fourth-order valence-electron chi connectivity index (χ4n) is 3.65. The normalized spacial score (nSPS) is 10.9. The summed E-state index contributed by atoms with van der Waals surface area (Å²) in [5.41, 5.74) is 0. The van der Waals surface area contributed by atoms with Gasteiger partial charge in [0.2, 0.25) is 0 Å². The zero-order valence-electron chi connectivity index (χ0n) is 16.2. The molecule has 0 aliphatic heterocycles. The average molecular weight is 466 g/mol. The molecule has 4 heteroatoms. The number of halogens is 1. The Morgan fingerprint density at radius 2 is 1.10 bits per heavy atom. The Morgan fingerprint density at radius 3 is 1.45 bits per heavy atom. The van der Waals surface area contributed by atoms with E-state index in [-0.39, 0.29) is 22.8 Å². The van der Waals surface area contributed by atoms with Gasteiger partial charge >= 0.3 is 0 Å². The van der Waals surface area contributed by atoms with Crippen LogP contribution in [-0.2, 0) is 6.16 Å². The molecule has 0 bridgehead atoms. The van der Waals surface area contributed by atoms with Crippen LogP contribution in [0.2, 0.25) is 0 Å². The summed E-state index contributed by atoms with van der Waals surface area (Å²) in [5, 5.41) is 3.90. The molecule has 4 aromatic rings. The summed E-state index contributed by atoms with van der Waals surface area (Å²) in [5.74, 6) is 1.21. The fourth-order valence-corrected chi connectivity index (χ4v) is 7.78. The molecular formula is C25H23BrO2P+. The van der Waals surface area contributed by atoms with Crippen molar-refractivity contribution in [3.63, 3.8) is 0 Å². The third-order valence-corrected chi connectivity index (χ3v) is 9.32. The van der Waals surface area contributed by atoms with Gasteiger partial charge in [-0.15, -0.1) is 17.0 Å². The second-order valence-corrected chi connectivity index (χ2v) is 10.3. The Bertz CT molecular complexity index is 963. The quantitative estimate of drug-likeness (QED) is 0.275. The lowest BCUT2D eigenvalue weighted by Gasteiger charge is -2.26. The number of rotatable bonds is 6. The standard InChI is InChI=1S/C25H22O2P.BrH/c1-20(26)25-18-17-21(27-25)19-28(22-11-5-2-6-12-22,23-13-7-3-8-14-23)24-15-9-4-10-16-24;/h2-18H,19H2,1H3;1H/q+1;. The van der Waals surface area contributed by atoms with Crippen molar-refractivity contribution in [1.29, 1.82) is 0 Å². The van der Waals surface area contributed by atoms with Gasteiger partial charge in [0.15, 0.2) is 11.5 Å². The van der Waals surface area contributed by atoms with Gasteiger partial charge in [0.25, 0.3) is 0 Å². The van der Waals surface area contributed by atoms with Crippen LogP contribution in [0, 0.1) is 0 Å². The first-order valence-corrected chi connectivity index (χ1v) is 11.3. The number of hydrogen-bond acceptors (Lipinski definition) is 2. The van der Waals surface area contributed by atoms with E-state index < -0.39 is 7.26 Å². The second-order valence-electron chi connectivity index (χ2n) is 6.80. The van der Waals surface area contributed by atoms with Gasteiger partial charge in [-0.3, -0.25) is 4.79 Å². The summed E-state index contributed by atoms with van der Waals surface area (Å²) in [6.45, 7) is 1.54. The maximum absolute atomic E-state index is 11.7. The molecule has 2 nitrogen and oxygen atoms in total. The van der Waals surface area contributed by atoms with E-state index in [1.807, 2.05) is 6.07 Å². The van der Waals surface area contributed by atoms with Gasteiger partial charge in [-0.25, -0.2) is 0 Å². The van der Waals surface area contributed by atoms with Crippen LogP contribution in [-0.4, -0.2) is 5.78 Å². The van der Waals surface area contributed by atoms with Crippen molar-refractivity contribution in [3.8, 4) is 0 Å². The molecular weight excluding hydrogens is 443 g/mol. The minimum atomic E-state index is -2.00. The zero-order chi connectivity index (χ0) is 19.4. The van der Waals surface area contributed by atoms with Crippen LogP contribution < -0.4 is 15.9 Å². The largest absolute Gasteiger partial charge is 0.454 e. The molecule has 1 heterocycles. The topological polar surface area (TPSA) is 30.2 Å².